The zero-order valence-electron chi connectivity index (χ0n) is 17.6. The fourth-order valence-corrected chi connectivity index (χ4v) is 4.72. The second-order valence-electron chi connectivity index (χ2n) is 10.2. The quantitative estimate of drug-likeness (QED) is 0.785. The van der Waals surface area contributed by atoms with Crippen molar-refractivity contribution in [2.24, 2.45) is 17.8 Å². The Morgan fingerprint density at radius 2 is 1.93 bits per heavy atom. The molecular weight excluding hydrogens is 381 g/mol. The summed E-state index contributed by atoms with van der Waals surface area (Å²) in [7, 11) is 0. The van der Waals surface area contributed by atoms with Gasteiger partial charge in [0.25, 0.3) is 0 Å². The van der Waals surface area contributed by atoms with E-state index in [4.69, 9.17) is 0 Å². The molecule has 1 saturated heterocycles. The molecule has 0 bridgehead atoms. The monoisotopic (exact) mass is 412 g/mol. The zero-order chi connectivity index (χ0) is 21.1. The zero-order valence-corrected chi connectivity index (χ0v) is 17.6. The number of nitrogens with zero attached hydrogens (tertiary/aromatic N) is 3. The van der Waals surface area contributed by atoms with Gasteiger partial charge in [0.1, 0.15) is 5.82 Å². The number of halogens is 3. The van der Waals surface area contributed by atoms with E-state index in [2.05, 4.69) is 17.3 Å². The molecule has 1 amide bonds. The Morgan fingerprint density at radius 3 is 2.52 bits per heavy atom. The summed E-state index contributed by atoms with van der Waals surface area (Å²) in [5.74, 6) is 1.20. The fourth-order valence-electron chi connectivity index (χ4n) is 4.72. The van der Waals surface area contributed by atoms with Crippen molar-refractivity contribution in [1.29, 1.82) is 0 Å². The smallest absolute Gasteiger partial charge is 0.367 e. The summed E-state index contributed by atoms with van der Waals surface area (Å²) in [5.41, 5.74) is 0.324. The summed E-state index contributed by atoms with van der Waals surface area (Å²) in [4.78, 5) is 14.5. The molecule has 8 heteroatoms. The van der Waals surface area contributed by atoms with E-state index in [1.54, 1.807) is 6.07 Å². The number of carbonyl (C=O) groups excluding carboxylic acids is 1. The number of nitrogens with one attached hydrogen (secondary N) is 1. The third-order valence-corrected chi connectivity index (χ3v) is 6.75. The van der Waals surface area contributed by atoms with Crippen LogP contribution >= 0.6 is 0 Å². The van der Waals surface area contributed by atoms with Crippen molar-refractivity contribution in [3.63, 3.8) is 0 Å². The molecule has 3 heterocycles. The van der Waals surface area contributed by atoms with Crippen molar-refractivity contribution in [1.82, 2.24) is 14.7 Å². The van der Waals surface area contributed by atoms with Crippen LogP contribution in [0.5, 0.6) is 0 Å². The van der Waals surface area contributed by atoms with Gasteiger partial charge in [0.15, 0.2) is 6.04 Å². The summed E-state index contributed by atoms with van der Waals surface area (Å²) < 4.78 is 42.7. The number of aromatic nitrogens is 2. The second-order valence-corrected chi connectivity index (χ2v) is 10.2. The van der Waals surface area contributed by atoms with Gasteiger partial charge >= 0.3 is 6.18 Å². The summed E-state index contributed by atoms with van der Waals surface area (Å²) in [6.45, 7) is 9.19. The van der Waals surface area contributed by atoms with E-state index >= 15 is 0 Å². The molecule has 5 nitrogen and oxygen atoms in total. The van der Waals surface area contributed by atoms with Crippen LogP contribution in [-0.4, -0.2) is 45.9 Å². The Labute approximate surface area is 170 Å². The van der Waals surface area contributed by atoms with Crippen LogP contribution in [0.15, 0.2) is 6.07 Å². The molecule has 1 aliphatic carbocycles. The van der Waals surface area contributed by atoms with E-state index in [1.165, 1.54) is 0 Å². The Balaban J connectivity index is 1.55. The Kier molecular flexibility index (Phi) is 4.89. The lowest BCUT2D eigenvalue weighted by molar-refractivity contribution is -0.175. The van der Waals surface area contributed by atoms with Crippen LogP contribution in [0.25, 0.3) is 0 Å². The molecule has 0 unspecified atom stereocenters. The number of amides is 1. The lowest BCUT2D eigenvalue weighted by Gasteiger charge is -2.41. The van der Waals surface area contributed by atoms with Gasteiger partial charge in [-0.05, 0) is 37.5 Å². The van der Waals surface area contributed by atoms with E-state index in [0.717, 1.165) is 30.5 Å². The van der Waals surface area contributed by atoms with Gasteiger partial charge in [-0.1, -0.05) is 27.7 Å². The number of hydrogen-bond donors (Lipinski definition) is 1. The first-order chi connectivity index (χ1) is 13.4. The molecular formula is C21H31F3N4O. The topological polar surface area (TPSA) is 50.2 Å². The minimum absolute atomic E-state index is 0.0216. The maximum Gasteiger partial charge on any atom is 0.410 e. The molecule has 1 N–H and O–H groups in total. The molecule has 1 saturated carbocycles. The van der Waals surface area contributed by atoms with Crippen LogP contribution in [0.4, 0.5) is 19.0 Å². The van der Waals surface area contributed by atoms with Crippen molar-refractivity contribution in [3.05, 3.63) is 11.8 Å². The van der Waals surface area contributed by atoms with Gasteiger partial charge in [-0.25, -0.2) is 4.68 Å². The second kappa shape index (κ2) is 6.91. The van der Waals surface area contributed by atoms with Crippen molar-refractivity contribution in [3.8, 4) is 0 Å². The van der Waals surface area contributed by atoms with E-state index in [-0.39, 0.29) is 35.6 Å². The normalized spacial score (nSPS) is 32.5. The predicted molar refractivity (Wildman–Crippen MR) is 105 cm³/mol. The molecule has 2 fully saturated rings. The van der Waals surface area contributed by atoms with Gasteiger partial charge in [0.2, 0.25) is 5.91 Å². The minimum Gasteiger partial charge on any atom is -0.367 e. The average Bonchev–Trinajstić information content (AvgIpc) is 3.19. The highest BCUT2D eigenvalue weighted by molar-refractivity contribution is 5.81. The molecule has 4 rings (SSSR count). The van der Waals surface area contributed by atoms with Crippen LogP contribution in [0.3, 0.4) is 0 Å². The number of anilines is 1. The number of carbonyl (C=O) groups is 1. The molecule has 1 aromatic rings. The Hall–Kier alpha value is -1.73. The number of fused-ring (bicyclic) bond motifs is 1. The highest BCUT2D eigenvalue weighted by Crippen LogP contribution is 2.44. The molecule has 162 valence electrons. The molecule has 0 aromatic carbocycles. The van der Waals surface area contributed by atoms with Gasteiger partial charge in [-0.2, -0.15) is 18.3 Å². The van der Waals surface area contributed by atoms with Crippen molar-refractivity contribution in [2.45, 2.75) is 77.1 Å². The van der Waals surface area contributed by atoms with E-state index in [9.17, 15) is 18.0 Å². The predicted octanol–water partition coefficient (Wildman–Crippen LogP) is 4.36. The van der Waals surface area contributed by atoms with Gasteiger partial charge in [0.05, 0.1) is 5.69 Å². The van der Waals surface area contributed by atoms with E-state index in [0.29, 0.717) is 24.0 Å². The summed E-state index contributed by atoms with van der Waals surface area (Å²) >= 11 is 0. The maximum absolute atomic E-state index is 13.9. The Bertz CT molecular complexity index is 782. The lowest BCUT2D eigenvalue weighted by Crippen LogP contribution is -2.49. The number of alkyl halides is 3. The minimum atomic E-state index is -4.36. The largest absolute Gasteiger partial charge is 0.410 e. The molecule has 0 radical (unpaired) electrons. The number of rotatable bonds is 2. The van der Waals surface area contributed by atoms with Crippen LogP contribution in [0, 0.1) is 17.8 Å². The van der Waals surface area contributed by atoms with Gasteiger partial charge < -0.3 is 10.2 Å². The van der Waals surface area contributed by atoms with Crippen LogP contribution in [0.2, 0.25) is 0 Å². The molecule has 29 heavy (non-hydrogen) atoms. The first kappa shape index (κ1) is 20.5. The highest BCUT2D eigenvalue weighted by Gasteiger charge is 2.49. The molecule has 1 aromatic heterocycles. The fraction of sp³-hybridized carbons (Fsp3) is 0.810. The van der Waals surface area contributed by atoms with E-state index in [1.807, 2.05) is 25.7 Å². The van der Waals surface area contributed by atoms with Gasteiger partial charge in [-0.3, -0.25) is 4.79 Å². The van der Waals surface area contributed by atoms with Crippen LogP contribution in [-0.2, 0) is 10.2 Å². The standard InChI is InChI=1S/C21H31F3N4O/c1-12-8-14(12)19(29)27-7-5-6-13(11-27)15-9-17(21(22,23)24)28-18(25-15)10-16(26-28)20(2,3)4/h10,12-15,17,25H,5-9,11H2,1-4H3/t12-,13-,14+,15-,17+/m0/s1. The van der Waals surface area contributed by atoms with E-state index < -0.39 is 12.2 Å². The SMILES string of the molecule is C[C@H]1C[C@H]1C(=O)N1CCC[C@H]([C@@H]2C[C@H](C(F)(F)F)n3nc(C(C)(C)C)cc3N2)C1. The molecule has 0 spiro atoms. The average molecular weight is 413 g/mol. The highest BCUT2D eigenvalue weighted by atomic mass is 19.4. The Morgan fingerprint density at radius 1 is 1.24 bits per heavy atom. The maximum atomic E-state index is 13.9. The van der Waals surface area contributed by atoms with Gasteiger partial charge in [0, 0.05) is 36.5 Å². The van der Waals surface area contributed by atoms with Gasteiger partial charge in [-0.15, -0.1) is 0 Å². The molecule has 2 aliphatic heterocycles. The van der Waals surface area contributed by atoms with Crippen molar-refractivity contribution in [2.75, 3.05) is 18.4 Å². The summed E-state index contributed by atoms with van der Waals surface area (Å²) in [6, 6.07) is -0.192. The van der Waals surface area contributed by atoms with Crippen LogP contribution in [0.1, 0.15) is 65.1 Å². The third-order valence-electron chi connectivity index (χ3n) is 6.75. The lowest BCUT2D eigenvalue weighted by atomic mass is 9.85. The summed E-state index contributed by atoms with van der Waals surface area (Å²) in [5, 5.41) is 7.64. The third kappa shape index (κ3) is 3.99. The van der Waals surface area contributed by atoms with Crippen molar-refractivity contribution < 1.29 is 18.0 Å². The molecule has 5 atom stereocenters. The molecule has 3 aliphatic rings. The van der Waals surface area contributed by atoms with Crippen molar-refractivity contribution >= 4 is 11.7 Å². The van der Waals surface area contributed by atoms with Crippen LogP contribution < -0.4 is 5.32 Å². The summed E-state index contributed by atoms with van der Waals surface area (Å²) in [6.07, 6.45) is -1.78. The number of likely N-dealkylation sites (tertiary alicyclic amines) is 1. The first-order valence-corrected chi connectivity index (χ1v) is 10.7. The number of piperidine rings is 1. The first-order valence-electron chi connectivity index (χ1n) is 10.7. The number of hydrogen-bond acceptors (Lipinski definition) is 3.